The summed E-state index contributed by atoms with van der Waals surface area (Å²) in [6.07, 6.45) is 6.85. The summed E-state index contributed by atoms with van der Waals surface area (Å²) in [4.78, 5) is 17.4. The molecule has 1 N–H and O–H groups in total. The molecule has 2 aliphatic rings. The highest BCUT2D eigenvalue weighted by Crippen LogP contribution is 2.33. The molecule has 3 nitrogen and oxygen atoms in total. The van der Waals surface area contributed by atoms with Crippen LogP contribution >= 0.6 is 11.3 Å². The molecule has 1 heterocycles. The predicted molar refractivity (Wildman–Crippen MR) is 60.1 cm³/mol. The van der Waals surface area contributed by atoms with E-state index < -0.39 is 0 Å². The Bertz CT molecular complexity index is 372. The van der Waals surface area contributed by atoms with Crippen molar-refractivity contribution in [3.8, 4) is 0 Å². The smallest absolute Gasteiger partial charge is 0.229 e. The van der Waals surface area contributed by atoms with Crippen molar-refractivity contribution in [2.45, 2.75) is 38.5 Å². The zero-order valence-electron chi connectivity index (χ0n) is 8.58. The lowest BCUT2D eigenvalue weighted by molar-refractivity contribution is -0.117. The third-order valence-electron chi connectivity index (χ3n) is 3.02. The summed E-state index contributed by atoms with van der Waals surface area (Å²) in [5.74, 6) is 0.437. The first-order valence-corrected chi connectivity index (χ1v) is 6.44. The summed E-state index contributed by atoms with van der Waals surface area (Å²) in [6, 6.07) is 0. The maximum Gasteiger partial charge on any atom is 0.229 e. The van der Waals surface area contributed by atoms with Crippen molar-refractivity contribution in [1.29, 1.82) is 0 Å². The van der Waals surface area contributed by atoms with Crippen LogP contribution in [-0.2, 0) is 17.6 Å². The average Bonchev–Trinajstić information content (AvgIpc) is 2.99. The van der Waals surface area contributed by atoms with Gasteiger partial charge in [0.25, 0.3) is 0 Å². The monoisotopic (exact) mass is 222 g/mol. The Morgan fingerprint density at radius 2 is 2.13 bits per heavy atom. The number of thiazole rings is 1. The van der Waals surface area contributed by atoms with Crippen molar-refractivity contribution in [3.63, 3.8) is 0 Å². The third kappa shape index (κ3) is 1.91. The van der Waals surface area contributed by atoms with Gasteiger partial charge in [-0.05, 0) is 38.5 Å². The van der Waals surface area contributed by atoms with Gasteiger partial charge in [-0.2, -0.15) is 0 Å². The third-order valence-corrected chi connectivity index (χ3v) is 4.10. The molecule has 1 saturated carbocycles. The zero-order valence-corrected chi connectivity index (χ0v) is 9.40. The number of fused-ring (bicyclic) bond motifs is 1. The molecule has 1 aromatic rings. The van der Waals surface area contributed by atoms with Crippen LogP contribution in [0.1, 0.15) is 36.3 Å². The number of carbonyl (C=O) groups is 1. The van der Waals surface area contributed by atoms with Gasteiger partial charge in [0.1, 0.15) is 0 Å². The minimum Gasteiger partial charge on any atom is -0.302 e. The number of rotatable bonds is 2. The topological polar surface area (TPSA) is 42.0 Å². The molecule has 0 aromatic carbocycles. The van der Waals surface area contributed by atoms with Crippen molar-refractivity contribution in [3.05, 3.63) is 10.6 Å². The Labute approximate surface area is 92.9 Å². The molecule has 0 bridgehead atoms. The van der Waals surface area contributed by atoms with Crippen LogP contribution in [0.5, 0.6) is 0 Å². The Hall–Kier alpha value is -0.900. The van der Waals surface area contributed by atoms with Crippen LogP contribution in [0.25, 0.3) is 0 Å². The quantitative estimate of drug-likeness (QED) is 0.834. The SMILES string of the molecule is O=C(Nc1nc2c(s1)CCCC2)C1CC1. The van der Waals surface area contributed by atoms with Crippen LogP contribution in [0, 0.1) is 5.92 Å². The fourth-order valence-electron chi connectivity index (χ4n) is 1.96. The maximum absolute atomic E-state index is 11.5. The first-order chi connectivity index (χ1) is 7.33. The molecule has 1 fully saturated rings. The molecule has 80 valence electrons. The van der Waals surface area contributed by atoms with Crippen molar-refractivity contribution < 1.29 is 4.79 Å². The highest BCUT2D eigenvalue weighted by atomic mass is 32.1. The van der Waals surface area contributed by atoms with Gasteiger partial charge in [-0.3, -0.25) is 4.79 Å². The Kier molecular flexibility index (Phi) is 2.24. The first-order valence-electron chi connectivity index (χ1n) is 5.62. The molecule has 4 heteroatoms. The van der Waals surface area contributed by atoms with Crippen molar-refractivity contribution >= 4 is 22.4 Å². The van der Waals surface area contributed by atoms with Crippen LogP contribution in [0.3, 0.4) is 0 Å². The number of anilines is 1. The molecule has 0 aliphatic heterocycles. The molecule has 0 radical (unpaired) electrons. The lowest BCUT2D eigenvalue weighted by atomic mass is 10.0. The predicted octanol–water partition coefficient (Wildman–Crippen LogP) is 2.37. The van der Waals surface area contributed by atoms with E-state index in [-0.39, 0.29) is 11.8 Å². The largest absolute Gasteiger partial charge is 0.302 e. The van der Waals surface area contributed by atoms with E-state index in [0.717, 1.165) is 30.8 Å². The number of nitrogens with zero attached hydrogens (tertiary/aromatic N) is 1. The average molecular weight is 222 g/mol. The summed E-state index contributed by atoms with van der Waals surface area (Å²) < 4.78 is 0. The number of carbonyl (C=O) groups excluding carboxylic acids is 1. The Morgan fingerprint density at radius 1 is 1.33 bits per heavy atom. The van der Waals surface area contributed by atoms with Gasteiger partial charge in [0.15, 0.2) is 5.13 Å². The van der Waals surface area contributed by atoms with Gasteiger partial charge in [-0.25, -0.2) is 4.98 Å². The maximum atomic E-state index is 11.5. The Balaban J connectivity index is 1.74. The van der Waals surface area contributed by atoms with Crippen molar-refractivity contribution in [2.24, 2.45) is 5.92 Å². The van der Waals surface area contributed by atoms with Crippen LogP contribution in [-0.4, -0.2) is 10.9 Å². The molecule has 2 aliphatic carbocycles. The van der Waals surface area contributed by atoms with Crippen LogP contribution in [0.15, 0.2) is 0 Å². The highest BCUT2D eigenvalue weighted by Gasteiger charge is 2.30. The second-order valence-corrected chi connectivity index (χ2v) is 5.44. The van der Waals surface area contributed by atoms with Crippen LogP contribution in [0.4, 0.5) is 5.13 Å². The van der Waals surface area contributed by atoms with E-state index in [4.69, 9.17) is 0 Å². The minimum absolute atomic E-state index is 0.168. The van der Waals surface area contributed by atoms with Gasteiger partial charge in [0.05, 0.1) is 5.69 Å². The lowest BCUT2D eigenvalue weighted by Crippen LogP contribution is -2.13. The molecule has 1 aromatic heterocycles. The fraction of sp³-hybridized carbons (Fsp3) is 0.636. The molecule has 0 spiro atoms. The summed E-state index contributed by atoms with van der Waals surface area (Å²) >= 11 is 1.67. The zero-order chi connectivity index (χ0) is 10.3. The highest BCUT2D eigenvalue weighted by molar-refractivity contribution is 7.15. The molecule has 15 heavy (non-hydrogen) atoms. The van der Waals surface area contributed by atoms with Crippen LogP contribution in [0.2, 0.25) is 0 Å². The van der Waals surface area contributed by atoms with Gasteiger partial charge >= 0.3 is 0 Å². The van der Waals surface area contributed by atoms with E-state index in [1.807, 2.05) is 0 Å². The van der Waals surface area contributed by atoms with E-state index in [1.165, 1.54) is 23.4 Å². The number of hydrogen-bond donors (Lipinski definition) is 1. The van der Waals surface area contributed by atoms with Gasteiger partial charge in [0, 0.05) is 10.8 Å². The standard InChI is InChI=1S/C11H14N2OS/c14-10(7-5-6-7)13-11-12-8-3-1-2-4-9(8)15-11/h7H,1-6H2,(H,12,13,14). The van der Waals surface area contributed by atoms with E-state index in [1.54, 1.807) is 11.3 Å². The molecular weight excluding hydrogens is 208 g/mol. The molecule has 0 unspecified atom stereocenters. The summed E-state index contributed by atoms with van der Waals surface area (Å²) in [7, 11) is 0. The summed E-state index contributed by atoms with van der Waals surface area (Å²) in [5.41, 5.74) is 1.22. The Morgan fingerprint density at radius 3 is 2.87 bits per heavy atom. The van der Waals surface area contributed by atoms with E-state index in [2.05, 4.69) is 10.3 Å². The van der Waals surface area contributed by atoms with Gasteiger partial charge < -0.3 is 5.32 Å². The number of nitrogens with one attached hydrogen (secondary N) is 1. The van der Waals surface area contributed by atoms with Crippen molar-refractivity contribution in [1.82, 2.24) is 4.98 Å². The van der Waals surface area contributed by atoms with E-state index in [9.17, 15) is 4.79 Å². The molecular formula is C11H14N2OS. The van der Waals surface area contributed by atoms with Crippen LogP contribution < -0.4 is 5.32 Å². The molecule has 0 saturated heterocycles. The lowest BCUT2D eigenvalue weighted by Gasteiger charge is -2.06. The second kappa shape index (κ2) is 3.59. The first kappa shape index (κ1) is 9.33. The number of aryl methyl sites for hydroxylation is 2. The molecule has 1 amide bonds. The van der Waals surface area contributed by atoms with E-state index in [0.29, 0.717) is 0 Å². The number of hydrogen-bond acceptors (Lipinski definition) is 3. The van der Waals surface area contributed by atoms with Gasteiger partial charge in [-0.15, -0.1) is 11.3 Å². The number of amides is 1. The van der Waals surface area contributed by atoms with E-state index >= 15 is 0 Å². The minimum atomic E-state index is 0.168. The van der Waals surface area contributed by atoms with Gasteiger partial charge in [-0.1, -0.05) is 0 Å². The summed E-state index contributed by atoms with van der Waals surface area (Å²) in [5, 5.41) is 3.75. The number of aromatic nitrogens is 1. The summed E-state index contributed by atoms with van der Waals surface area (Å²) in [6.45, 7) is 0. The van der Waals surface area contributed by atoms with Crippen molar-refractivity contribution in [2.75, 3.05) is 5.32 Å². The second-order valence-electron chi connectivity index (χ2n) is 4.36. The normalized spacial score (nSPS) is 19.7. The molecule has 3 rings (SSSR count). The fourth-order valence-corrected chi connectivity index (χ4v) is 3.01. The van der Waals surface area contributed by atoms with Gasteiger partial charge in [0.2, 0.25) is 5.91 Å². The molecule has 0 atom stereocenters.